The molecular formula is C27H25F3N8O. The van der Waals surface area contributed by atoms with Crippen molar-refractivity contribution in [3.63, 3.8) is 0 Å². The first-order valence-electron chi connectivity index (χ1n) is 12.2. The quantitative estimate of drug-likeness (QED) is 0.227. The summed E-state index contributed by atoms with van der Waals surface area (Å²) in [5, 5.41) is 14.2. The van der Waals surface area contributed by atoms with Crippen LogP contribution in [0.5, 0.6) is 0 Å². The standard InChI is InChI=1S/C27H25F3N8O/c1-3-31-11-18-12-32-13-20(15(18)2)17-5-6-21-19(8-17)24(38-37-21)25-34-14-22(36-25)26(39)35-10-16-4-7-23(33-9-16)27(28,29)30/h4-9,12-14,31H,3,10-11H2,1-2H3,(H,34,36)(H,35,39)(H,37,38). The molecule has 0 saturated carbocycles. The van der Waals surface area contributed by atoms with Crippen LogP contribution in [0.4, 0.5) is 13.2 Å². The van der Waals surface area contributed by atoms with Crippen LogP contribution in [0.1, 0.15) is 39.8 Å². The summed E-state index contributed by atoms with van der Waals surface area (Å²) in [7, 11) is 0. The van der Waals surface area contributed by atoms with E-state index in [2.05, 4.69) is 54.6 Å². The fraction of sp³-hybridized carbons (Fsp3) is 0.222. The van der Waals surface area contributed by atoms with Crippen molar-refractivity contribution in [3.05, 3.63) is 83.2 Å². The molecule has 0 aliphatic heterocycles. The van der Waals surface area contributed by atoms with E-state index in [0.717, 1.165) is 58.5 Å². The van der Waals surface area contributed by atoms with E-state index < -0.39 is 17.8 Å². The predicted molar refractivity (Wildman–Crippen MR) is 139 cm³/mol. The second kappa shape index (κ2) is 10.7. The molecule has 0 spiro atoms. The molecule has 0 radical (unpaired) electrons. The molecule has 0 aliphatic rings. The first kappa shape index (κ1) is 26.0. The second-order valence-corrected chi connectivity index (χ2v) is 8.96. The number of nitrogens with zero attached hydrogens (tertiary/aromatic N) is 4. The van der Waals surface area contributed by atoms with Crippen molar-refractivity contribution >= 4 is 16.8 Å². The summed E-state index contributed by atoms with van der Waals surface area (Å²) < 4.78 is 38.1. The molecular weight excluding hydrogens is 509 g/mol. The van der Waals surface area contributed by atoms with Gasteiger partial charge in [-0.25, -0.2) is 4.98 Å². The highest BCUT2D eigenvalue weighted by Gasteiger charge is 2.32. The number of benzene rings is 1. The fourth-order valence-corrected chi connectivity index (χ4v) is 4.19. The summed E-state index contributed by atoms with van der Waals surface area (Å²) in [6, 6.07) is 8.10. The summed E-state index contributed by atoms with van der Waals surface area (Å²) in [6.45, 7) is 5.73. The Labute approximate surface area is 221 Å². The average molecular weight is 535 g/mol. The molecule has 4 N–H and O–H groups in total. The summed E-state index contributed by atoms with van der Waals surface area (Å²) in [6.07, 6.45) is 1.66. The lowest BCUT2D eigenvalue weighted by molar-refractivity contribution is -0.141. The van der Waals surface area contributed by atoms with Crippen molar-refractivity contribution in [2.75, 3.05) is 6.54 Å². The van der Waals surface area contributed by atoms with Gasteiger partial charge in [-0.1, -0.05) is 19.1 Å². The number of pyridine rings is 2. The Hall–Kier alpha value is -4.58. The lowest BCUT2D eigenvalue weighted by atomic mass is 9.98. The predicted octanol–water partition coefficient (Wildman–Crippen LogP) is 4.78. The van der Waals surface area contributed by atoms with Crippen molar-refractivity contribution in [2.45, 2.75) is 33.1 Å². The molecule has 9 nitrogen and oxygen atoms in total. The van der Waals surface area contributed by atoms with Gasteiger partial charge in [0.05, 0.1) is 11.7 Å². The lowest BCUT2D eigenvalue weighted by Crippen LogP contribution is -2.23. The molecule has 12 heteroatoms. The Bertz CT molecular complexity index is 1620. The number of carbonyl (C=O) groups is 1. The number of fused-ring (bicyclic) bond motifs is 1. The first-order valence-corrected chi connectivity index (χ1v) is 12.2. The number of alkyl halides is 3. The minimum atomic E-state index is -4.52. The van der Waals surface area contributed by atoms with Crippen LogP contribution >= 0.6 is 0 Å². The number of aromatic amines is 2. The Morgan fingerprint density at radius 1 is 1.03 bits per heavy atom. The molecule has 0 saturated heterocycles. The van der Waals surface area contributed by atoms with Crippen LogP contribution in [0.3, 0.4) is 0 Å². The number of amides is 1. The zero-order valence-electron chi connectivity index (χ0n) is 21.1. The lowest BCUT2D eigenvalue weighted by Gasteiger charge is -2.11. The van der Waals surface area contributed by atoms with Gasteiger partial charge in [0.1, 0.15) is 17.1 Å². The van der Waals surface area contributed by atoms with Gasteiger partial charge in [-0.2, -0.15) is 18.3 Å². The highest BCUT2D eigenvalue weighted by atomic mass is 19.4. The monoisotopic (exact) mass is 534 g/mol. The number of nitrogens with one attached hydrogen (secondary N) is 4. The molecule has 0 atom stereocenters. The number of hydrogen-bond donors (Lipinski definition) is 4. The summed E-state index contributed by atoms with van der Waals surface area (Å²) in [5.41, 5.74) is 5.23. The van der Waals surface area contributed by atoms with E-state index in [9.17, 15) is 18.0 Å². The molecule has 5 aromatic rings. The first-order chi connectivity index (χ1) is 18.7. The zero-order valence-corrected chi connectivity index (χ0v) is 21.1. The maximum Gasteiger partial charge on any atom is 0.433 e. The van der Waals surface area contributed by atoms with Gasteiger partial charge in [-0.3, -0.25) is 19.9 Å². The van der Waals surface area contributed by atoms with Crippen LogP contribution in [-0.4, -0.2) is 42.6 Å². The Kier molecular flexibility index (Phi) is 7.11. The normalized spacial score (nSPS) is 11.7. The van der Waals surface area contributed by atoms with Crippen LogP contribution in [0.25, 0.3) is 33.5 Å². The number of imidazole rings is 1. The molecule has 4 aromatic heterocycles. The summed E-state index contributed by atoms with van der Waals surface area (Å²) >= 11 is 0. The maximum absolute atomic E-state index is 12.7. The second-order valence-electron chi connectivity index (χ2n) is 8.96. The Morgan fingerprint density at radius 3 is 2.62 bits per heavy atom. The highest BCUT2D eigenvalue weighted by molar-refractivity contribution is 5.96. The third-order valence-corrected chi connectivity index (χ3v) is 6.37. The molecule has 5 rings (SSSR count). The molecule has 1 aromatic carbocycles. The van der Waals surface area contributed by atoms with E-state index >= 15 is 0 Å². The molecule has 4 heterocycles. The largest absolute Gasteiger partial charge is 0.433 e. The van der Waals surface area contributed by atoms with Crippen molar-refractivity contribution in [1.82, 2.24) is 40.8 Å². The van der Waals surface area contributed by atoms with Gasteiger partial charge < -0.3 is 15.6 Å². The smallest absolute Gasteiger partial charge is 0.347 e. The highest BCUT2D eigenvalue weighted by Crippen LogP contribution is 2.31. The summed E-state index contributed by atoms with van der Waals surface area (Å²) in [5.74, 6) is -0.0659. The number of hydrogen-bond acceptors (Lipinski definition) is 6. The number of carbonyl (C=O) groups excluding carboxylic acids is 1. The third kappa shape index (κ3) is 5.50. The van der Waals surface area contributed by atoms with Crippen LogP contribution < -0.4 is 10.6 Å². The number of aromatic nitrogens is 6. The fourth-order valence-electron chi connectivity index (χ4n) is 4.19. The molecule has 1 amide bonds. The number of halogens is 3. The van der Waals surface area contributed by atoms with E-state index in [1.165, 1.54) is 12.3 Å². The van der Waals surface area contributed by atoms with Gasteiger partial charge in [0.15, 0.2) is 5.82 Å². The van der Waals surface area contributed by atoms with Gasteiger partial charge in [0, 0.05) is 42.6 Å². The third-order valence-electron chi connectivity index (χ3n) is 6.37. The topological polar surface area (TPSA) is 124 Å². The van der Waals surface area contributed by atoms with Crippen molar-refractivity contribution in [2.24, 2.45) is 0 Å². The van der Waals surface area contributed by atoms with Gasteiger partial charge in [0.25, 0.3) is 5.91 Å². The van der Waals surface area contributed by atoms with E-state index in [1.54, 1.807) is 0 Å². The molecule has 39 heavy (non-hydrogen) atoms. The van der Waals surface area contributed by atoms with E-state index in [4.69, 9.17) is 0 Å². The summed E-state index contributed by atoms with van der Waals surface area (Å²) in [4.78, 5) is 27.8. The van der Waals surface area contributed by atoms with E-state index in [1.807, 2.05) is 30.6 Å². The molecule has 0 unspecified atom stereocenters. The van der Waals surface area contributed by atoms with Crippen LogP contribution in [0.15, 0.2) is 55.1 Å². The minimum Gasteiger partial charge on any atom is -0.347 e. The SMILES string of the molecule is CCNCc1cncc(-c2ccc3[nH]nc(-c4ncc(C(=O)NCc5ccc(C(F)(F)F)nc5)[nH]4)c3c2)c1C. The molecule has 0 fully saturated rings. The van der Waals surface area contributed by atoms with Crippen LogP contribution in [-0.2, 0) is 19.3 Å². The molecule has 0 bridgehead atoms. The van der Waals surface area contributed by atoms with Gasteiger partial charge >= 0.3 is 6.18 Å². The maximum atomic E-state index is 12.7. The van der Waals surface area contributed by atoms with Crippen molar-refractivity contribution in [1.29, 1.82) is 0 Å². The average Bonchev–Trinajstić information content (AvgIpc) is 3.58. The van der Waals surface area contributed by atoms with Crippen molar-refractivity contribution < 1.29 is 18.0 Å². The van der Waals surface area contributed by atoms with E-state index in [-0.39, 0.29) is 12.2 Å². The van der Waals surface area contributed by atoms with Gasteiger partial charge in [-0.15, -0.1) is 0 Å². The van der Waals surface area contributed by atoms with E-state index in [0.29, 0.717) is 17.1 Å². The van der Waals surface area contributed by atoms with Crippen LogP contribution in [0, 0.1) is 6.92 Å². The Balaban J connectivity index is 1.35. The van der Waals surface area contributed by atoms with Gasteiger partial charge in [-0.05, 0) is 53.9 Å². The van der Waals surface area contributed by atoms with Gasteiger partial charge in [0.2, 0.25) is 0 Å². The Morgan fingerprint density at radius 2 is 1.87 bits per heavy atom. The van der Waals surface area contributed by atoms with Crippen LogP contribution in [0.2, 0.25) is 0 Å². The number of H-pyrrole nitrogens is 2. The zero-order chi connectivity index (χ0) is 27.6. The molecule has 200 valence electrons. The van der Waals surface area contributed by atoms with Crippen molar-refractivity contribution in [3.8, 4) is 22.6 Å². The minimum absolute atomic E-state index is 0.00719. The molecule has 0 aliphatic carbocycles. The number of rotatable bonds is 8.